The van der Waals surface area contributed by atoms with Crippen LogP contribution in [0.4, 0.5) is 0 Å². The van der Waals surface area contributed by atoms with Crippen LogP contribution in [0, 0.1) is 0 Å². The van der Waals surface area contributed by atoms with E-state index >= 15 is 0 Å². The number of morpholine rings is 1. The van der Waals surface area contributed by atoms with Crippen LogP contribution >= 0.6 is 0 Å². The molecular formula is C22H44N2O9. The summed E-state index contributed by atoms with van der Waals surface area (Å²) in [5, 5.41) is 7.42. The zero-order chi connectivity index (χ0) is 26.8. The average molecular weight is 481 g/mol. The quantitative estimate of drug-likeness (QED) is 0.558. The molecule has 0 aliphatic carbocycles. The second kappa shape index (κ2) is 27.3. The maximum atomic E-state index is 10.7. The number of carbonyl (C=O) groups is 5. The summed E-state index contributed by atoms with van der Waals surface area (Å²) in [6, 6.07) is 0. The summed E-state index contributed by atoms with van der Waals surface area (Å²) in [5.41, 5.74) is 0. The first-order valence-corrected chi connectivity index (χ1v) is 10.8. The fourth-order valence-corrected chi connectivity index (χ4v) is 1.86. The molecule has 11 heteroatoms. The Labute approximate surface area is 198 Å². The third kappa shape index (κ3) is 37.0. The van der Waals surface area contributed by atoms with E-state index < -0.39 is 5.97 Å². The number of carboxylic acids is 1. The molecule has 2 aliphatic heterocycles. The molecule has 33 heavy (non-hydrogen) atoms. The Kier molecular flexibility index (Phi) is 31.2. The summed E-state index contributed by atoms with van der Waals surface area (Å²) in [6.45, 7) is 15.5. The Balaban J connectivity index is -0.000000161. The van der Waals surface area contributed by atoms with Crippen molar-refractivity contribution in [3.05, 3.63) is 0 Å². The third-order valence-corrected chi connectivity index (χ3v) is 3.40. The van der Waals surface area contributed by atoms with Gasteiger partial charge < -0.3 is 29.1 Å². The highest BCUT2D eigenvalue weighted by atomic mass is 16.5. The number of hydrogen-bond acceptors (Lipinski definition) is 8. The molecular weight excluding hydrogens is 436 g/mol. The second-order valence-corrected chi connectivity index (χ2v) is 6.18. The zero-order valence-corrected chi connectivity index (χ0v) is 21.8. The lowest BCUT2D eigenvalue weighted by atomic mass is 10.4. The minimum absolute atomic E-state index is 0.151. The van der Waals surface area contributed by atoms with Crippen molar-refractivity contribution in [3.63, 3.8) is 0 Å². The highest BCUT2D eigenvalue weighted by molar-refractivity contribution is 5.77. The molecule has 11 nitrogen and oxygen atoms in total. The van der Waals surface area contributed by atoms with Crippen LogP contribution in [0.2, 0.25) is 0 Å². The van der Waals surface area contributed by atoms with Crippen molar-refractivity contribution >= 4 is 29.7 Å². The van der Waals surface area contributed by atoms with Gasteiger partial charge in [-0.05, 0) is 13.3 Å². The maximum absolute atomic E-state index is 10.7. The van der Waals surface area contributed by atoms with E-state index in [-0.39, 0.29) is 17.8 Å². The van der Waals surface area contributed by atoms with Crippen LogP contribution in [0.3, 0.4) is 0 Å². The smallest absolute Gasteiger partial charge is 0.302 e. The molecule has 0 unspecified atom stereocenters. The molecule has 0 aromatic rings. The summed E-state index contributed by atoms with van der Waals surface area (Å²) in [5.74, 6) is -0.846. The van der Waals surface area contributed by atoms with Gasteiger partial charge in [0.05, 0.1) is 26.9 Å². The van der Waals surface area contributed by atoms with E-state index in [1.807, 2.05) is 20.9 Å². The van der Waals surface area contributed by atoms with Gasteiger partial charge in [-0.15, -0.1) is 0 Å². The molecule has 0 radical (unpaired) electrons. The Bertz CT molecular complexity index is 530. The van der Waals surface area contributed by atoms with Gasteiger partial charge in [0.1, 0.15) is 0 Å². The molecule has 0 aromatic carbocycles. The number of esters is 2. The first-order valence-electron chi connectivity index (χ1n) is 10.8. The van der Waals surface area contributed by atoms with Gasteiger partial charge in [0.2, 0.25) is 11.8 Å². The van der Waals surface area contributed by atoms with Crippen LogP contribution in [0.15, 0.2) is 0 Å². The van der Waals surface area contributed by atoms with Gasteiger partial charge in [-0.1, -0.05) is 13.8 Å². The summed E-state index contributed by atoms with van der Waals surface area (Å²) in [7, 11) is 3.19. The van der Waals surface area contributed by atoms with Gasteiger partial charge in [-0.3, -0.25) is 24.0 Å². The predicted molar refractivity (Wildman–Crippen MR) is 125 cm³/mol. The predicted octanol–water partition coefficient (Wildman–Crippen LogP) is 1.97. The van der Waals surface area contributed by atoms with Gasteiger partial charge in [-0.25, -0.2) is 0 Å². The maximum Gasteiger partial charge on any atom is 0.302 e. The van der Waals surface area contributed by atoms with E-state index in [1.54, 1.807) is 23.6 Å². The number of likely N-dealkylation sites (tertiary alicyclic amines) is 1. The first-order chi connectivity index (χ1) is 15.4. The SMILES string of the molecule is CC.CC(=O)N1CCOCC1.CC(=O)O.CCOC(C)=O.CN1CCCC1=O.COC(C)=O. The lowest BCUT2D eigenvalue weighted by Crippen LogP contribution is -2.39. The van der Waals surface area contributed by atoms with Crippen LogP contribution < -0.4 is 0 Å². The van der Waals surface area contributed by atoms with Gasteiger partial charge in [0.25, 0.3) is 5.97 Å². The van der Waals surface area contributed by atoms with Gasteiger partial charge in [0.15, 0.2) is 0 Å². The largest absolute Gasteiger partial charge is 0.481 e. The molecule has 2 rings (SSSR count). The van der Waals surface area contributed by atoms with Crippen LogP contribution in [-0.2, 0) is 38.2 Å². The lowest BCUT2D eigenvalue weighted by molar-refractivity contribution is -0.140. The standard InChI is InChI=1S/C6H11NO2.C5H9NO.C4H8O2.C3H6O2.C2H4O2.C2H6/c1-6(8)7-2-4-9-5-3-7;1-6-4-2-3-5(6)7;1-3-6-4(2)5;1-3(4)5-2;1-2(3)4;1-2/h2-5H2,1H3;2-4H2,1H3;3H2,1-2H3;1-2H3;1H3,(H,3,4);1-2H3. The molecule has 0 atom stereocenters. The summed E-state index contributed by atoms with van der Waals surface area (Å²) >= 11 is 0. The van der Waals surface area contributed by atoms with Crippen molar-refractivity contribution in [2.75, 3.05) is 53.6 Å². The highest BCUT2D eigenvalue weighted by Crippen LogP contribution is 2.04. The first kappa shape index (κ1) is 37.6. The molecule has 0 saturated carbocycles. The van der Waals surface area contributed by atoms with Gasteiger partial charge in [-0.2, -0.15) is 0 Å². The third-order valence-electron chi connectivity index (χ3n) is 3.40. The number of rotatable bonds is 1. The molecule has 0 aromatic heterocycles. The molecule has 2 amide bonds. The lowest BCUT2D eigenvalue weighted by Gasteiger charge is -2.25. The van der Waals surface area contributed by atoms with Crippen LogP contribution in [0.5, 0.6) is 0 Å². The van der Waals surface area contributed by atoms with Gasteiger partial charge >= 0.3 is 11.9 Å². The Morgan fingerprint density at radius 2 is 1.39 bits per heavy atom. The van der Waals surface area contributed by atoms with Crippen molar-refractivity contribution in [1.82, 2.24) is 9.80 Å². The number of ether oxygens (including phenoxy) is 3. The summed E-state index contributed by atoms with van der Waals surface area (Å²) in [6.07, 6.45) is 1.81. The Hall–Kier alpha value is -2.69. The van der Waals surface area contributed by atoms with Crippen molar-refractivity contribution in [2.24, 2.45) is 0 Å². The Morgan fingerprint density at radius 1 is 0.970 bits per heavy atom. The molecule has 2 heterocycles. The van der Waals surface area contributed by atoms with Crippen molar-refractivity contribution < 1.29 is 43.3 Å². The summed E-state index contributed by atoms with van der Waals surface area (Å²) in [4.78, 5) is 53.1. The van der Waals surface area contributed by atoms with Crippen LogP contribution in [0.25, 0.3) is 0 Å². The molecule has 0 spiro atoms. The monoisotopic (exact) mass is 480 g/mol. The average Bonchev–Trinajstić information content (AvgIpc) is 3.13. The van der Waals surface area contributed by atoms with E-state index in [4.69, 9.17) is 14.6 Å². The molecule has 0 bridgehead atoms. The fourth-order valence-electron chi connectivity index (χ4n) is 1.86. The minimum atomic E-state index is -0.833. The van der Waals surface area contributed by atoms with Crippen LogP contribution in [0.1, 0.15) is 61.3 Å². The number of hydrogen-bond donors (Lipinski definition) is 1. The number of amides is 2. The fraction of sp³-hybridized carbons (Fsp3) is 0.773. The molecule has 196 valence electrons. The molecule has 2 aliphatic rings. The molecule has 1 N–H and O–H groups in total. The van der Waals surface area contributed by atoms with Crippen molar-refractivity contribution in [3.8, 4) is 0 Å². The summed E-state index contributed by atoms with van der Waals surface area (Å²) < 4.78 is 13.6. The number of aliphatic carboxylic acids is 1. The van der Waals surface area contributed by atoms with E-state index in [9.17, 15) is 19.2 Å². The number of methoxy groups -OCH3 is 1. The topological polar surface area (TPSA) is 140 Å². The number of carboxylic acid groups (broad SMARTS) is 1. The van der Waals surface area contributed by atoms with E-state index in [1.165, 1.54) is 21.0 Å². The van der Waals surface area contributed by atoms with E-state index in [0.717, 1.165) is 39.4 Å². The molecule has 2 saturated heterocycles. The molecule has 2 fully saturated rings. The number of nitrogens with zero attached hydrogens (tertiary/aromatic N) is 2. The minimum Gasteiger partial charge on any atom is -0.481 e. The van der Waals surface area contributed by atoms with E-state index in [0.29, 0.717) is 25.7 Å². The Morgan fingerprint density at radius 3 is 1.52 bits per heavy atom. The number of carbonyl (C=O) groups excluding carboxylic acids is 4. The normalized spacial score (nSPS) is 13.3. The van der Waals surface area contributed by atoms with Crippen LogP contribution in [-0.4, -0.2) is 98.2 Å². The second-order valence-electron chi connectivity index (χ2n) is 6.18. The highest BCUT2D eigenvalue weighted by Gasteiger charge is 2.14. The zero-order valence-electron chi connectivity index (χ0n) is 21.8. The van der Waals surface area contributed by atoms with Crippen molar-refractivity contribution in [1.29, 1.82) is 0 Å². The van der Waals surface area contributed by atoms with Crippen molar-refractivity contribution in [2.45, 2.75) is 61.3 Å². The van der Waals surface area contributed by atoms with E-state index in [2.05, 4.69) is 9.47 Å². The van der Waals surface area contributed by atoms with Gasteiger partial charge in [0, 0.05) is 60.8 Å².